The van der Waals surface area contributed by atoms with Crippen molar-refractivity contribution >= 4 is 16.6 Å². The van der Waals surface area contributed by atoms with E-state index >= 15 is 0 Å². The second-order valence-electron chi connectivity index (χ2n) is 4.74. The molecule has 0 atom stereocenters. The summed E-state index contributed by atoms with van der Waals surface area (Å²) in [6, 6.07) is 8.17. The van der Waals surface area contributed by atoms with Gasteiger partial charge in [0, 0.05) is 28.9 Å². The predicted octanol–water partition coefficient (Wildman–Crippen LogP) is 3.23. The minimum Gasteiger partial charge on any atom is -0.383 e. The summed E-state index contributed by atoms with van der Waals surface area (Å²) in [4.78, 5) is 12.9. The van der Waals surface area contributed by atoms with E-state index in [-0.39, 0.29) is 0 Å². The summed E-state index contributed by atoms with van der Waals surface area (Å²) in [6.45, 7) is 2.12. The molecule has 4 heteroatoms. The van der Waals surface area contributed by atoms with E-state index in [4.69, 9.17) is 5.73 Å². The zero-order valence-corrected chi connectivity index (χ0v) is 11.4. The van der Waals surface area contributed by atoms with E-state index in [1.807, 2.05) is 24.5 Å². The summed E-state index contributed by atoms with van der Waals surface area (Å²) >= 11 is 0. The summed E-state index contributed by atoms with van der Waals surface area (Å²) in [5.74, 6) is 0.560. The van der Waals surface area contributed by atoms with E-state index < -0.39 is 0 Å². The normalized spacial score (nSPS) is 10.8. The highest BCUT2D eigenvalue weighted by Gasteiger charge is 2.13. The van der Waals surface area contributed by atoms with Gasteiger partial charge in [-0.05, 0) is 11.8 Å². The number of benzene rings is 1. The summed E-state index contributed by atoms with van der Waals surface area (Å²) in [7, 11) is 0. The van der Waals surface area contributed by atoms with Gasteiger partial charge in [-0.15, -0.1) is 0 Å². The molecule has 0 saturated carbocycles. The summed E-state index contributed by atoms with van der Waals surface area (Å²) < 4.78 is 0. The van der Waals surface area contributed by atoms with Gasteiger partial charge in [-0.25, -0.2) is 9.97 Å². The molecule has 0 fully saturated rings. The van der Waals surface area contributed by atoms with Gasteiger partial charge in [-0.3, -0.25) is 4.98 Å². The Morgan fingerprint density at radius 3 is 2.80 bits per heavy atom. The second kappa shape index (κ2) is 5.25. The number of nitrogens with zero attached hydrogens (tertiary/aromatic N) is 3. The number of aromatic nitrogens is 3. The van der Waals surface area contributed by atoms with Gasteiger partial charge in [-0.2, -0.15) is 0 Å². The van der Waals surface area contributed by atoms with Crippen molar-refractivity contribution in [1.29, 1.82) is 0 Å². The second-order valence-corrected chi connectivity index (χ2v) is 4.74. The van der Waals surface area contributed by atoms with Gasteiger partial charge >= 0.3 is 0 Å². The Kier molecular flexibility index (Phi) is 3.29. The lowest BCUT2D eigenvalue weighted by atomic mass is 9.99. The molecule has 2 N–H and O–H groups in total. The van der Waals surface area contributed by atoms with Crippen LogP contribution in [0.25, 0.3) is 22.0 Å². The van der Waals surface area contributed by atoms with Crippen LogP contribution in [0, 0.1) is 0 Å². The Bertz CT molecular complexity index is 747. The topological polar surface area (TPSA) is 64.7 Å². The van der Waals surface area contributed by atoms with Crippen LogP contribution in [0.15, 0.2) is 43.0 Å². The summed E-state index contributed by atoms with van der Waals surface area (Å²) in [5.41, 5.74) is 8.93. The van der Waals surface area contributed by atoms with Crippen LogP contribution >= 0.6 is 0 Å². The third-order valence-electron chi connectivity index (χ3n) is 3.40. The summed E-state index contributed by atoms with van der Waals surface area (Å²) in [6.07, 6.45) is 7.10. The third kappa shape index (κ3) is 2.09. The third-order valence-corrected chi connectivity index (χ3v) is 3.40. The van der Waals surface area contributed by atoms with Gasteiger partial charge in [0.2, 0.25) is 0 Å². The molecule has 0 bridgehead atoms. The molecule has 3 aromatic rings. The van der Waals surface area contributed by atoms with Crippen molar-refractivity contribution in [2.24, 2.45) is 0 Å². The number of anilines is 1. The van der Waals surface area contributed by atoms with Crippen LogP contribution in [0.4, 0.5) is 5.82 Å². The predicted molar refractivity (Wildman–Crippen MR) is 81.2 cm³/mol. The van der Waals surface area contributed by atoms with E-state index in [0.717, 1.165) is 40.4 Å². The van der Waals surface area contributed by atoms with Gasteiger partial charge in [0.15, 0.2) is 0 Å². The molecule has 0 aliphatic carbocycles. The van der Waals surface area contributed by atoms with Crippen molar-refractivity contribution in [3.8, 4) is 11.3 Å². The molecular weight excluding hydrogens is 248 g/mol. The first-order chi connectivity index (χ1) is 9.81. The molecular formula is C16H16N4. The van der Waals surface area contributed by atoms with Crippen molar-refractivity contribution in [3.63, 3.8) is 0 Å². The van der Waals surface area contributed by atoms with Crippen molar-refractivity contribution in [2.75, 3.05) is 5.73 Å². The maximum absolute atomic E-state index is 6.02. The van der Waals surface area contributed by atoms with Crippen LogP contribution in [-0.4, -0.2) is 15.0 Å². The summed E-state index contributed by atoms with van der Waals surface area (Å²) in [5, 5.41) is 2.24. The number of rotatable bonds is 3. The lowest BCUT2D eigenvalue weighted by Gasteiger charge is -2.11. The number of hydrogen-bond acceptors (Lipinski definition) is 4. The lowest BCUT2D eigenvalue weighted by molar-refractivity contribution is 0.908. The van der Waals surface area contributed by atoms with Gasteiger partial charge in [0.25, 0.3) is 0 Å². The fourth-order valence-electron chi connectivity index (χ4n) is 2.46. The quantitative estimate of drug-likeness (QED) is 0.788. The molecule has 0 aliphatic rings. The largest absolute Gasteiger partial charge is 0.383 e. The van der Waals surface area contributed by atoms with E-state index in [1.54, 1.807) is 0 Å². The Hall–Kier alpha value is -2.49. The fourth-order valence-corrected chi connectivity index (χ4v) is 2.46. The first kappa shape index (κ1) is 12.5. The minimum absolute atomic E-state index is 0.560. The highest BCUT2D eigenvalue weighted by Crippen LogP contribution is 2.30. The highest BCUT2D eigenvalue weighted by atomic mass is 14.9. The Morgan fingerprint density at radius 2 is 1.95 bits per heavy atom. The smallest absolute Gasteiger partial charge is 0.130 e. The molecule has 0 spiro atoms. The molecule has 4 nitrogen and oxygen atoms in total. The van der Waals surface area contributed by atoms with Crippen LogP contribution in [0.2, 0.25) is 0 Å². The molecule has 0 aliphatic heterocycles. The van der Waals surface area contributed by atoms with Crippen LogP contribution in [0.5, 0.6) is 0 Å². The Labute approximate surface area is 117 Å². The molecule has 20 heavy (non-hydrogen) atoms. The first-order valence-electron chi connectivity index (χ1n) is 6.73. The zero-order chi connectivity index (χ0) is 13.9. The maximum atomic E-state index is 6.02. The van der Waals surface area contributed by atoms with Crippen LogP contribution in [-0.2, 0) is 6.42 Å². The number of pyridine rings is 1. The zero-order valence-electron chi connectivity index (χ0n) is 11.4. The van der Waals surface area contributed by atoms with Crippen molar-refractivity contribution in [1.82, 2.24) is 15.0 Å². The molecule has 2 aromatic heterocycles. The van der Waals surface area contributed by atoms with Crippen LogP contribution < -0.4 is 5.73 Å². The maximum Gasteiger partial charge on any atom is 0.130 e. The molecule has 2 heterocycles. The minimum atomic E-state index is 0.560. The Balaban J connectivity index is 2.28. The molecule has 100 valence electrons. The molecule has 0 saturated heterocycles. The van der Waals surface area contributed by atoms with Crippen LogP contribution in [0.3, 0.4) is 0 Å². The number of fused-ring (bicyclic) bond motifs is 1. The van der Waals surface area contributed by atoms with Crippen molar-refractivity contribution < 1.29 is 0 Å². The fraction of sp³-hybridized carbons (Fsp3) is 0.188. The van der Waals surface area contributed by atoms with E-state index in [0.29, 0.717) is 5.82 Å². The SMILES string of the molecule is CCCc1c(N)ncnc1-c1cncc2ccccc12. The van der Waals surface area contributed by atoms with E-state index in [1.165, 1.54) is 6.33 Å². The molecule has 1 aromatic carbocycles. The standard InChI is InChI=1S/C16H16N4/c1-2-5-13-15(19-10-20-16(13)17)14-9-18-8-11-6-3-4-7-12(11)14/h3-4,6-10H,2,5H2,1H3,(H2,17,19,20). The lowest BCUT2D eigenvalue weighted by Crippen LogP contribution is -2.02. The highest BCUT2D eigenvalue weighted by molar-refractivity contribution is 5.95. The van der Waals surface area contributed by atoms with Gasteiger partial charge in [0.1, 0.15) is 12.1 Å². The molecule has 0 amide bonds. The first-order valence-corrected chi connectivity index (χ1v) is 6.73. The van der Waals surface area contributed by atoms with E-state index in [2.05, 4.69) is 34.0 Å². The average molecular weight is 264 g/mol. The van der Waals surface area contributed by atoms with Gasteiger partial charge < -0.3 is 5.73 Å². The Morgan fingerprint density at radius 1 is 1.10 bits per heavy atom. The number of nitrogens with two attached hydrogens (primary N) is 1. The van der Waals surface area contributed by atoms with Crippen molar-refractivity contribution in [3.05, 3.63) is 48.5 Å². The van der Waals surface area contributed by atoms with Gasteiger partial charge in [0.05, 0.1) is 5.69 Å². The van der Waals surface area contributed by atoms with Gasteiger partial charge in [-0.1, -0.05) is 37.6 Å². The molecule has 3 rings (SSSR count). The molecule has 0 radical (unpaired) electrons. The van der Waals surface area contributed by atoms with E-state index in [9.17, 15) is 0 Å². The van der Waals surface area contributed by atoms with Crippen LogP contribution in [0.1, 0.15) is 18.9 Å². The monoisotopic (exact) mass is 264 g/mol. The molecule has 0 unspecified atom stereocenters. The van der Waals surface area contributed by atoms with Crippen molar-refractivity contribution in [2.45, 2.75) is 19.8 Å². The average Bonchev–Trinajstić information content (AvgIpc) is 2.49. The number of hydrogen-bond donors (Lipinski definition) is 1. The number of nitrogen functional groups attached to an aromatic ring is 1.